The van der Waals surface area contributed by atoms with E-state index in [9.17, 15) is 4.79 Å². The van der Waals surface area contributed by atoms with Crippen molar-refractivity contribution in [2.45, 2.75) is 5.41 Å². The molecular formula is C38H21N3OS. The highest BCUT2D eigenvalue weighted by Gasteiger charge is 2.51. The summed E-state index contributed by atoms with van der Waals surface area (Å²) in [6.45, 7) is 0. The average Bonchev–Trinajstić information content (AvgIpc) is 3.68. The van der Waals surface area contributed by atoms with Gasteiger partial charge in [-0.1, -0.05) is 102 Å². The Labute approximate surface area is 250 Å². The quantitative estimate of drug-likeness (QED) is 0.200. The van der Waals surface area contributed by atoms with Gasteiger partial charge in [0.25, 0.3) is 5.56 Å². The monoisotopic (exact) mass is 567 g/mol. The van der Waals surface area contributed by atoms with Crippen LogP contribution in [0.5, 0.6) is 0 Å². The van der Waals surface area contributed by atoms with Crippen LogP contribution in [0, 0.1) is 0 Å². The summed E-state index contributed by atoms with van der Waals surface area (Å²) in [5.41, 5.74) is 13.4. The van der Waals surface area contributed by atoms with Crippen LogP contribution >= 0.6 is 11.3 Å². The van der Waals surface area contributed by atoms with E-state index in [1.165, 1.54) is 55.8 Å². The van der Waals surface area contributed by atoms with E-state index in [0.29, 0.717) is 10.3 Å². The van der Waals surface area contributed by atoms with Crippen LogP contribution in [0.15, 0.2) is 132 Å². The second kappa shape index (κ2) is 8.12. The van der Waals surface area contributed by atoms with Gasteiger partial charge in [-0.3, -0.25) is 9.20 Å². The maximum atomic E-state index is 13.3. The van der Waals surface area contributed by atoms with E-state index in [4.69, 9.17) is 0 Å². The van der Waals surface area contributed by atoms with Crippen LogP contribution in [0.4, 0.5) is 0 Å². The molecule has 0 saturated carbocycles. The Balaban J connectivity index is 1.25. The van der Waals surface area contributed by atoms with Crippen molar-refractivity contribution < 1.29 is 0 Å². The lowest BCUT2D eigenvalue weighted by atomic mass is 9.70. The first-order valence-corrected chi connectivity index (χ1v) is 15.2. The summed E-state index contributed by atoms with van der Waals surface area (Å²) in [6.07, 6.45) is 1.78. The van der Waals surface area contributed by atoms with Gasteiger partial charge in [-0.2, -0.15) is 4.98 Å². The van der Waals surface area contributed by atoms with E-state index in [1.54, 1.807) is 6.20 Å². The van der Waals surface area contributed by atoms with Crippen molar-refractivity contribution in [1.29, 1.82) is 0 Å². The van der Waals surface area contributed by atoms with E-state index >= 15 is 0 Å². The Morgan fingerprint density at radius 3 is 1.91 bits per heavy atom. The molecule has 0 amide bonds. The normalized spacial score (nSPS) is 13.9. The lowest BCUT2D eigenvalue weighted by Crippen LogP contribution is -2.25. The molecule has 8 aromatic rings. The number of benzene rings is 5. The number of rotatable bonds is 1. The summed E-state index contributed by atoms with van der Waals surface area (Å²) in [7, 11) is 0. The molecule has 1 spiro atoms. The molecule has 43 heavy (non-hydrogen) atoms. The third-order valence-corrected chi connectivity index (χ3v) is 10.3. The molecule has 0 saturated heterocycles. The first-order valence-electron chi connectivity index (χ1n) is 14.4. The molecule has 5 aromatic carbocycles. The molecule has 2 aliphatic rings. The summed E-state index contributed by atoms with van der Waals surface area (Å²) in [5, 5.41) is 0.593. The van der Waals surface area contributed by atoms with Gasteiger partial charge in [-0.05, 0) is 86.0 Å². The third kappa shape index (κ3) is 2.82. The molecule has 0 atom stereocenters. The van der Waals surface area contributed by atoms with E-state index in [2.05, 4.69) is 107 Å². The van der Waals surface area contributed by atoms with Gasteiger partial charge in [0.1, 0.15) is 0 Å². The minimum atomic E-state index is -0.402. The van der Waals surface area contributed by atoms with Gasteiger partial charge in [-0.25, -0.2) is 4.98 Å². The van der Waals surface area contributed by atoms with Crippen LogP contribution in [0.1, 0.15) is 22.3 Å². The van der Waals surface area contributed by atoms with Crippen molar-refractivity contribution in [3.05, 3.63) is 160 Å². The van der Waals surface area contributed by atoms with Crippen LogP contribution in [0.25, 0.3) is 59.6 Å². The summed E-state index contributed by atoms with van der Waals surface area (Å²) >= 11 is 1.49. The SMILES string of the molecule is O=c1nc2sc3cccnc3n2c2ccc(-c3ccc4c(c3)C3(c5ccccc5-c5ccccc53)c3ccccc3-4)cc12. The Bertz CT molecular complexity index is 2500. The lowest BCUT2D eigenvalue weighted by Gasteiger charge is -2.30. The number of hydrogen-bond acceptors (Lipinski definition) is 4. The van der Waals surface area contributed by atoms with E-state index in [0.717, 1.165) is 27.0 Å². The molecule has 0 N–H and O–H groups in total. The third-order valence-electron chi connectivity index (χ3n) is 9.35. The number of thiazole rings is 1. The van der Waals surface area contributed by atoms with Crippen molar-refractivity contribution >= 4 is 37.5 Å². The van der Waals surface area contributed by atoms with Crippen LogP contribution in [-0.2, 0) is 5.41 Å². The Hall–Kier alpha value is -5.39. The van der Waals surface area contributed by atoms with Crippen LogP contribution in [0.2, 0.25) is 0 Å². The predicted octanol–water partition coefficient (Wildman–Crippen LogP) is 8.47. The number of hydrogen-bond donors (Lipinski definition) is 0. The van der Waals surface area contributed by atoms with Gasteiger partial charge in [0.2, 0.25) is 0 Å². The van der Waals surface area contributed by atoms with E-state index in [-0.39, 0.29) is 5.56 Å². The predicted molar refractivity (Wildman–Crippen MR) is 174 cm³/mol. The zero-order chi connectivity index (χ0) is 28.3. The fraction of sp³-hybridized carbons (Fsp3) is 0.0263. The second-order valence-electron chi connectivity index (χ2n) is 11.3. The molecule has 3 aromatic heterocycles. The molecule has 3 heterocycles. The molecule has 200 valence electrons. The zero-order valence-corrected chi connectivity index (χ0v) is 23.6. The maximum absolute atomic E-state index is 13.3. The second-order valence-corrected chi connectivity index (χ2v) is 12.4. The fourth-order valence-electron chi connectivity index (χ4n) is 7.66. The standard InChI is InChI=1S/C38H21N3OS/c42-36-28-20-22(16-18-33(28)41-35-34(14-7-19-39-35)43-37(41)40-36)23-15-17-27-26-10-3-6-13-31(26)38(32(27)21-23)29-11-4-1-8-24(29)25-9-2-5-12-30(25)38/h1-21H. The van der Waals surface area contributed by atoms with Crippen LogP contribution < -0.4 is 5.56 Å². The average molecular weight is 568 g/mol. The topological polar surface area (TPSA) is 47.3 Å². The highest BCUT2D eigenvalue weighted by Crippen LogP contribution is 2.62. The van der Waals surface area contributed by atoms with Crippen molar-refractivity contribution in [2.24, 2.45) is 0 Å². The first-order chi connectivity index (χ1) is 21.2. The Morgan fingerprint density at radius 1 is 0.605 bits per heavy atom. The fourth-order valence-corrected chi connectivity index (χ4v) is 8.64. The van der Waals surface area contributed by atoms with Crippen molar-refractivity contribution in [3.8, 4) is 33.4 Å². The van der Waals surface area contributed by atoms with E-state index in [1.807, 2.05) is 28.7 Å². The van der Waals surface area contributed by atoms with Gasteiger partial charge in [0.15, 0.2) is 10.6 Å². The summed E-state index contributed by atoms with van der Waals surface area (Å²) in [5.74, 6) is 0. The van der Waals surface area contributed by atoms with E-state index < -0.39 is 5.41 Å². The van der Waals surface area contributed by atoms with Gasteiger partial charge < -0.3 is 0 Å². The molecule has 0 unspecified atom stereocenters. The number of aromatic nitrogens is 3. The summed E-state index contributed by atoms with van der Waals surface area (Å²) in [4.78, 5) is 23.0. The van der Waals surface area contributed by atoms with Gasteiger partial charge in [0.05, 0.1) is 21.0 Å². The highest BCUT2D eigenvalue weighted by atomic mass is 32.1. The van der Waals surface area contributed by atoms with Crippen molar-refractivity contribution in [2.75, 3.05) is 0 Å². The lowest BCUT2D eigenvalue weighted by molar-refractivity contribution is 0.794. The van der Waals surface area contributed by atoms with Crippen molar-refractivity contribution in [3.63, 3.8) is 0 Å². The molecule has 4 nitrogen and oxygen atoms in total. The molecule has 0 radical (unpaired) electrons. The smallest absolute Gasteiger partial charge is 0.268 e. The molecule has 0 bridgehead atoms. The number of fused-ring (bicyclic) bond motifs is 15. The zero-order valence-electron chi connectivity index (χ0n) is 22.8. The minimum Gasteiger partial charge on any atom is -0.268 e. The number of nitrogens with zero attached hydrogens (tertiary/aromatic N) is 3. The van der Waals surface area contributed by atoms with Crippen LogP contribution in [0.3, 0.4) is 0 Å². The minimum absolute atomic E-state index is 0.216. The molecule has 0 fully saturated rings. The van der Waals surface area contributed by atoms with Gasteiger partial charge >= 0.3 is 0 Å². The molecule has 2 aliphatic carbocycles. The summed E-state index contributed by atoms with van der Waals surface area (Å²) < 4.78 is 3.01. The molecular weight excluding hydrogens is 547 g/mol. The number of pyridine rings is 1. The Kier molecular flexibility index (Phi) is 4.38. The van der Waals surface area contributed by atoms with Crippen molar-refractivity contribution in [1.82, 2.24) is 14.4 Å². The van der Waals surface area contributed by atoms with Gasteiger partial charge in [0, 0.05) is 6.20 Å². The van der Waals surface area contributed by atoms with Crippen LogP contribution in [-0.4, -0.2) is 14.4 Å². The highest BCUT2D eigenvalue weighted by molar-refractivity contribution is 7.23. The summed E-state index contributed by atoms with van der Waals surface area (Å²) in [6, 6.07) is 43.4. The van der Waals surface area contributed by atoms with Gasteiger partial charge in [-0.15, -0.1) is 0 Å². The molecule has 0 aliphatic heterocycles. The molecule has 5 heteroatoms. The largest absolute Gasteiger partial charge is 0.281 e. The maximum Gasteiger partial charge on any atom is 0.281 e. The Morgan fingerprint density at radius 2 is 1.21 bits per heavy atom. The molecule has 10 rings (SSSR count). The first kappa shape index (κ1) is 23.2.